The highest BCUT2D eigenvalue weighted by atomic mass is 16.5. The normalized spacial score (nSPS) is 18.5. The van der Waals surface area contributed by atoms with E-state index in [-0.39, 0.29) is 0 Å². The average Bonchev–Trinajstić information content (AvgIpc) is 2.31. The molecule has 0 unspecified atom stereocenters. The lowest BCUT2D eigenvalue weighted by molar-refractivity contribution is 0.257. The SMILES string of the molecule is CC1=C(/C=C\C(C)C)OCC1. The first-order valence-electron chi connectivity index (χ1n) is 4.21. The van der Waals surface area contributed by atoms with E-state index in [1.807, 2.05) is 0 Å². The Bertz CT molecular complexity index is 187. The van der Waals surface area contributed by atoms with E-state index in [0.29, 0.717) is 5.92 Å². The monoisotopic (exact) mass is 152 g/mol. The number of allylic oxidation sites excluding steroid dienone is 2. The third kappa shape index (κ3) is 2.41. The van der Waals surface area contributed by atoms with Gasteiger partial charge in [-0.2, -0.15) is 0 Å². The predicted octanol–water partition coefficient (Wildman–Crippen LogP) is 2.89. The molecule has 1 nitrogen and oxygen atoms in total. The second-order valence-electron chi connectivity index (χ2n) is 3.35. The lowest BCUT2D eigenvalue weighted by Crippen LogP contribution is -1.83. The number of hydrogen-bond acceptors (Lipinski definition) is 1. The van der Waals surface area contributed by atoms with Crippen molar-refractivity contribution in [2.45, 2.75) is 27.2 Å². The van der Waals surface area contributed by atoms with Gasteiger partial charge >= 0.3 is 0 Å². The van der Waals surface area contributed by atoms with Crippen LogP contribution >= 0.6 is 0 Å². The van der Waals surface area contributed by atoms with Crippen LogP contribution in [0.4, 0.5) is 0 Å². The molecule has 0 saturated carbocycles. The van der Waals surface area contributed by atoms with Crippen molar-refractivity contribution in [1.29, 1.82) is 0 Å². The molecular formula is C10H16O. The second-order valence-corrected chi connectivity index (χ2v) is 3.35. The van der Waals surface area contributed by atoms with E-state index in [1.54, 1.807) is 0 Å². The van der Waals surface area contributed by atoms with E-state index in [2.05, 4.69) is 32.9 Å². The molecular weight excluding hydrogens is 136 g/mol. The van der Waals surface area contributed by atoms with Crippen LogP contribution in [-0.4, -0.2) is 6.61 Å². The summed E-state index contributed by atoms with van der Waals surface area (Å²) in [4.78, 5) is 0. The van der Waals surface area contributed by atoms with Crippen LogP contribution in [0.3, 0.4) is 0 Å². The van der Waals surface area contributed by atoms with Gasteiger partial charge in [-0.3, -0.25) is 0 Å². The van der Waals surface area contributed by atoms with Crippen molar-refractivity contribution in [2.75, 3.05) is 6.61 Å². The third-order valence-electron chi connectivity index (χ3n) is 1.79. The van der Waals surface area contributed by atoms with Crippen LogP contribution in [0.2, 0.25) is 0 Å². The van der Waals surface area contributed by atoms with Crippen LogP contribution < -0.4 is 0 Å². The van der Waals surface area contributed by atoms with Gasteiger partial charge < -0.3 is 4.74 Å². The van der Waals surface area contributed by atoms with E-state index < -0.39 is 0 Å². The first kappa shape index (κ1) is 8.38. The van der Waals surface area contributed by atoms with Gasteiger partial charge in [-0.1, -0.05) is 19.9 Å². The summed E-state index contributed by atoms with van der Waals surface area (Å²) in [7, 11) is 0. The van der Waals surface area contributed by atoms with Gasteiger partial charge in [-0.25, -0.2) is 0 Å². The third-order valence-corrected chi connectivity index (χ3v) is 1.79. The van der Waals surface area contributed by atoms with E-state index >= 15 is 0 Å². The molecule has 62 valence electrons. The van der Waals surface area contributed by atoms with Crippen LogP contribution in [0.1, 0.15) is 27.2 Å². The zero-order valence-electron chi connectivity index (χ0n) is 7.55. The molecule has 0 aliphatic carbocycles. The van der Waals surface area contributed by atoms with Gasteiger partial charge in [0.1, 0.15) is 5.76 Å². The standard InChI is InChI=1S/C10H16O/c1-8(2)4-5-10-9(3)6-7-11-10/h4-5,8H,6-7H2,1-3H3/b5-4-. The number of hydrogen-bond donors (Lipinski definition) is 0. The fourth-order valence-electron chi connectivity index (χ4n) is 1.03. The quantitative estimate of drug-likeness (QED) is 0.591. The van der Waals surface area contributed by atoms with Gasteiger partial charge in [0, 0.05) is 6.42 Å². The average molecular weight is 152 g/mol. The Morgan fingerprint density at radius 2 is 2.18 bits per heavy atom. The lowest BCUT2D eigenvalue weighted by Gasteiger charge is -1.98. The maximum atomic E-state index is 5.41. The Hall–Kier alpha value is -0.720. The Morgan fingerprint density at radius 1 is 1.45 bits per heavy atom. The smallest absolute Gasteiger partial charge is 0.118 e. The first-order chi connectivity index (χ1) is 5.20. The Balaban J connectivity index is 2.54. The fourth-order valence-corrected chi connectivity index (χ4v) is 1.03. The van der Waals surface area contributed by atoms with Crippen molar-refractivity contribution < 1.29 is 4.74 Å². The highest BCUT2D eigenvalue weighted by Crippen LogP contribution is 2.19. The van der Waals surface area contributed by atoms with E-state index in [9.17, 15) is 0 Å². The number of rotatable bonds is 2. The van der Waals surface area contributed by atoms with Crippen molar-refractivity contribution in [3.05, 3.63) is 23.5 Å². The molecule has 0 saturated heterocycles. The van der Waals surface area contributed by atoms with Crippen LogP contribution in [0, 0.1) is 5.92 Å². The molecule has 0 fully saturated rings. The minimum Gasteiger partial charge on any atom is -0.493 e. The molecule has 0 spiro atoms. The molecule has 0 N–H and O–H groups in total. The first-order valence-corrected chi connectivity index (χ1v) is 4.21. The Kier molecular flexibility index (Phi) is 2.75. The van der Waals surface area contributed by atoms with Gasteiger partial charge in [0.25, 0.3) is 0 Å². The summed E-state index contributed by atoms with van der Waals surface area (Å²) in [5.74, 6) is 1.69. The van der Waals surface area contributed by atoms with Crippen molar-refractivity contribution in [3.8, 4) is 0 Å². The van der Waals surface area contributed by atoms with Gasteiger partial charge in [0.05, 0.1) is 6.61 Å². The summed E-state index contributed by atoms with van der Waals surface area (Å²) in [6, 6.07) is 0. The van der Waals surface area contributed by atoms with Crippen LogP contribution in [0.5, 0.6) is 0 Å². The molecule has 0 aromatic heterocycles. The van der Waals surface area contributed by atoms with Crippen LogP contribution in [-0.2, 0) is 4.74 Å². The molecule has 1 heteroatoms. The molecule has 0 bridgehead atoms. The van der Waals surface area contributed by atoms with Crippen LogP contribution in [0.25, 0.3) is 0 Å². The zero-order valence-corrected chi connectivity index (χ0v) is 7.55. The molecule has 0 atom stereocenters. The molecule has 0 aromatic carbocycles. The molecule has 0 amide bonds. The minimum absolute atomic E-state index is 0.611. The zero-order chi connectivity index (χ0) is 8.27. The van der Waals surface area contributed by atoms with Gasteiger partial charge in [0.15, 0.2) is 0 Å². The largest absolute Gasteiger partial charge is 0.493 e. The van der Waals surface area contributed by atoms with Crippen molar-refractivity contribution in [2.24, 2.45) is 5.92 Å². The molecule has 1 rings (SSSR count). The lowest BCUT2D eigenvalue weighted by atomic mass is 10.1. The Labute approximate surface area is 68.8 Å². The van der Waals surface area contributed by atoms with E-state index in [4.69, 9.17) is 4.74 Å². The summed E-state index contributed by atoms with van der Waals surface area (Å²) in [5, 5.41) is 0. The maximum Gasteiger partial charge on any atom is 0.118 e. The predicted molar refractivity (Wildman–Crippen MR) is 47.2 cm³/mol. The molecule has 1 aliphatic heterocycles. The highest BCUT2D eigenvalue weighted by molar-refractivity contribution is 5.22. The Morgan fingerprint density at radius 3 is 2.64 bits per heavy atom. The van der Waals surface area contributed by atoms with Gasteiger partial charge in [0.2, 0.25) is 0 Å². The topological polar surface area (TPSA) is 9.23 Å². The number of ether oxygens (including phenoxy) is 1. The van der Waals surface area contributed by atoms with E-state index in [0.717, 1.165) is 18.8 Å². The van der Waals surface area contributed by atoms with E-state index in [1.165, 1.54) is 5.57 Å². The van der Waals surface area contributed by atoms with Crippen molar-refractivity contribution in [1.82, 2.24) is 0 Å². The van der Waals surface area contributed by atoms with Crippen molar-refractivity contribution >= 4 is 0 Å². The van der Waals surface area contributed by atoms with Gasteiger partial charge in [-0.15, -0.1) is 0 Å². The summed E-state index contributed by atoms with van der Waals surface area (Å²) in [5.41, 5.74) is 1.38. The molecule has 11 heavy (non-hydrogen) atoms. The molecule has 1 aliphatic rings. The summed E-state index contributed by atoms with van der Waals surface area (Å²) in [6.45, 7) is 7.33. The van der Waals surface area contributed by atoms with Gasteiger partial charge in [-0.05, 0) is 24.5 Å². The van der Waals surface area contributed by atoms with Crippen molar-refractivity contribution in [3.63, 3.8) is 0 Å². The molecule has 1 heterocycles. The molecule has 0 radical (unpaired) electrons. The van der Waals surface area contributed by atoms with Crippen LogP contribution in [0.15, 0.2) is 23.5 Å². The summed E-state index contributed by atoms with van der Waals surface area (Å²) < 4.78 is 5.41. The fraction of sp³-hybridized carbons (Fsp3) is 0.600. The minimum atomic E-state index is 0.611. The summed E-state index contributed by atoms with van der Waals surface area (Å²) in [6.07, 6.45) is 5.36. The second kappa shape index (κ2) is 3.61. The maximum absolute atomic E-state index is 5.41. The molecule has 0 aromatic rings. The summed E-state index contributed by atoms with van der Waals surface area (Å²) >= 11 is 0. The highest BCUT2D eigenvalue weighted by Gasteiger charge is 2.07.